The van der Waals surface area contributed by atoms with Crippen LogP contribution in [0.25, 0.3) is 0 Å². The van der Waals surface area contributed by atoms with Gasteiger partial charge in [-0.2, -0.15) is 0 Å². The molecule has 0 spiro atoms. The lowest BCUT2D eigenvalue weighted by Gasteiger charge is -2.12. The first kappa shape index (κ1) is 19.2. The lowest BCUT2D eigenvalue weighted by atomic mass is 10.1. The molecule has 0 heterocycles. The number of ether oxygens (including phenoxy) is 2. The van der Waals surface area contributed by atoms with Crippen LogP contribution in [0.1, 0.15) is 28.7 Å². The monoisotopic (exact) mass is 387 g/mol. The van der Waals surface area contributed by atoms with E-state index in [0.717, 1.165) is 36.1 Å². The molecule has 0 radical (unpaired) electrons. The predicted molar refractivity (Wildman–Crippen MR) is 104 cm³/mol. The molecule has 142 valence electrons. The van der Waals surface area contributed by atoms with Crippen molar-refractivity contribution in [2.24, 2.45) is 0 Å². The molecule has 0 saturated carbocycles. The van der Waals surface area contributed by atoms with Gasteiger partial charge in [0.05, 0.1) is 0 Å². The van der Waals surface area contributed by atoms with Gasteiger partial charge in [-0.15, -0.1) is 0 Å². The summed E-state index contributed by atoms with van der Waals surface area (Å²) in [6, 6.07) is 9.42. The summed E-state index contributed by atoms with van der Waals surface area (Å²) in [5, 5.41) is 3.37. The molecule has 27 heavy (non-hydrogen) atoms. The Hall–Kier alpha value is -2.53. The maximum Gasteiger partial charge on any atom is 0.344 e. The van der Waals surface area contributed by atoms with Gasteiger partial charge in [-0.25, -0.2) is 4.79 Å². The van der Waals surface area contributed by atoms with E-state index in [2.05, 4.69) is 5.32 Å². The van der Waals surface area contributed by atoms with Crippen LogP contribution in [-0.4, -0.2) is 25.1 Å². The van der Waals surface area contributed by atoms with Crippen molar-refractivity contribution in [2.75, 3.05) is 18.5 Å². The molecule has 3 rings (SSSR count). The Morgan fingerprint density at radius 1 is 1.04 bits per heavy atom. The lowest BCUT2D eigenvalue weighted by molar-refractivity contribution is -0.149. The molecular weight excluding hydrogens is 366 g/mol. The van der Waals surface area contributed by atoms with E-state index in [4.69, 9.17) is 21.1 Å². The van der Waals surface area contributed by atoms with E-state index < -0.39 is 5.97 Å². The number of fused-ring (bicyclic) bond motifs is 1. The van der Waals surface area contributed by atoms with Crippen molar-refractivity contribution in [1.82, 2.24) is 0 Å². The first-order chi connectivity index (χ1) is 12.9. The Bertz CT molecular complexity index is 855. The highest BCUT2D eigenvalue weighted by molar-refractivity contribution is 6.30. The molecule has 0 bridgehead atoms. The number of carbonyl (C=O) groups excluding carboxylic acids is 2. The number of amides is 1. The molecule has 5 nitrogen and oxygen atoms in total. The van der Waals surface area contributed by atoms with E-state index >= 15 is 0 Å². The molecular formula is C21H22ClNO4. The third-order valence-electron chi connectivity index (χ3n) is 4.51. The summed E-state index contributed by atoms with van der Waals surface area (Å²) < 4.78 is 10.5. The standard InChI is InChI=1S/C21H22ClNO4/c1-13-8-17(22)9-14(2)21(13)27-12-20(25)26-11-19(24)23-18-7-6-15-4-3-5-16(15)10-18/h6-10H,3-5,11-12H2,1-2H3,(H,23,24). The zero-order valence-corrected chi connectivity index (χ0v) is 16.2. The third kappa shape index (κ3) is 5.01. The summed E-state index contributed by atoms with van der Waals surface area (Å²) in [6.07, 6.45) is 3.28. The van der Waals surface area contributed by atoms with Gasteiger partial charge in [-0.05, 0) is 79.6 Å². The summed E-state index contributed by atoms with van der Waals surface area (Å²) in [5.74, 6) is -0.382. The minimum Gasteiger partial charge on any atom is -0.481 e. The second kappa shape index (κ2) is 8.44. The Kier molecular flexibility index (Phi) is 6.01. The van der Waals surface area contributed by atoms with Gasteiger partial charge in [-0.1, -0.05) is 17.7 Å². The van der Waals surface area contributed by atoms with E-state index in [-0.39, 0.29) is 19.1 Å². The van der Waals surface area contributed by atoms with Gasteiger partial charge in [0.1, 0.15) is 5.75 Å². The first-order valence-corrected chi connectivity index (χ1v) is 9.27. The van der Waals surface area contributed by atoms with Crippen LogP contribution in [0.15, 0.2) is 30.3 Å². The number of nitrogens with one attached hydrogen (secondary N) is 1. The summed E-state index contributed by atoms with van der Waals surface area (Å²) in [6.45, 7) is 3.08. The van der Waals surface area contributed by atoms with Crippen molar-refractivity contribution in [3.05, 3.63) is 57.6 Å². The molecule has 0 fully saturated rings. The van der Waals surface area contributed by atoms with Crippen LogP contribution in [0.5, 0.6) is 5.75 Å². The van der Waals surface area contributed by atoms with Crippen molar-refractivity contribution >= 4 is 29.2 Å². The van der Waals surface area contributed by atoms with E-state index in [9.17, 15) is 9.59 Å². The number of esters is 1. The van der Waals surface area contributed by atoms with Gasteiger partial charge in [0.2, 0.25) is 0 Å². The minimum absolute atomic E-state index is 0.268. The van der Waals surface area contributed by atoms with E-state index in [1.807, 2.05) is 32.0 Å². The Morgan fingerprint density at radius 3 is 2.48 bits per heavy atom. The van der Waals surface area contributed by atoms with Crippen molar-refractivity contribution in [3.8, 4) is 5.75 Å². The van der Waals surface area contributed by atoms with Crippen LogP contribution < -0.4 is 10.1 Å². The fourth-order valence-electron chi connectivity index (χ4n) is 3.29. The molecule has 1 amide bonds. The minimum atomic E-state index is -0.604. The summed E-state index contributed by atoms with van der Waals surface area (Å²) >= 11 is 5.98. The largest absolute Gasteiger partial charge is 0.481 e. The average molecular weight is 388 g/mol. The molecule has 2 aromatic carbocycles. The molecule has 1 N–H and O–H groups in total. The van der Waals surface area contributed by atoms with Crippen molar-refractivity contribution in [1.29, 1.82) is 0 Å². The second-order valence-corrected chi connectivity index (χ2v) is 7.14. The highest BCUT2D eigenvalue weighted by atomic mass is 35.5. The predicted octanol–water partition coefficient (Wildman–Crippen LogP) is 4.01. The normalized spacial score (nSPS) is 12.4. The molecule has 2 aromatic rings. The van der Waals surface area contributed by atoms with E-state index in [1.165, 1.54) is 11.1 Å². The van der Waals surface area contributed by atoms with Crippen LogP contribution in [0.2, 0.25) is 5.02 Å². The van der Waals surface area contributed by atoms with Crippen LogP contribution in [-0.2, 0) is 27.2 Å². The molecule has 6 heteroatoms. The smallest absolute Gasteiger partial charge is 0.344 e. The third-order valence-corrected chi connectivity index (χ3v) is 4.72. The number of hydrogen-bond donors (Lipinski definition) is 1. The Morgan fingerprint density at radius 2 is 1.74 bits per heavy atom. The van der Waals surface area contributed by atoms with Gasteiger partial charge in [0.15, 0.2) is 13.2 Å². The maximum atomic E-state index is 12.0. The summed E-state index contributed by atoms with van der Waals surface area (Å²) in [5.41, 5.74) is 5.00. The van der Waals surface area contributed by atoms with Crippen LogP contribution >= 0.6 is 11.6 Å². The van der Waals surface area contributed by atoms with Crippen molar-refractivity contribution in [3.63, 3.8) is 0 Å². The maximum absolute atomic E-state index is 12.0. The van der Waals surface area contributed by atoms with E-state index in [0.29, 0.717) is 10.8 Å². The van der Waals surface area contributed by atoms with Gasteiger partial charge >= 0.3 is 5.97 Å². The number of carbonyl (C=O) groups is 2. The molecule has 0 atom stereocenters. The van der Waals surface area contributed by atoms with Gasteiger partial charge in [-0.3, -0.25) is 4.79 Å². The zero-order valence-electron chi connectivity index (χ0n) is 15.4. The van der Waals surface area contributed by atoms with Crippen LogP contribution in [0.4, 0.5) is 5.69 Å². The van der Waals surface area contributed by atoms with Crippen molar-refractivity contribution < 1.29 is 19.1 Å². The van der Waals surface area contributed by atoms with Gasteiger partial charge < -0.3 is 14.8 Å². The number of hydrogen-bond acceptors (Lipinski definition) is 4. The van der Waals surface area contributed by atoms with Gasteiger partial charge in [0, 0.05) is 10.7 Å². The number of halogens is 1. The molecule has 0 unspecified atom stereocenters. The van der Waals surface area contributed by atoms with E-state index in [1.54, 1.807) is 12.1 Å². The number of rotatable bonds is 6. The Labute approximate surface area is 163 Å². The molecule has 1 aliphatic carbocycles. The lowest BCUT2D eigenvalue weighted by Crippen LogP contribution is -2.24. The van der Waals surface area contributed by atoms with Crippen molar-refractivity contribution in [2.45, 2.75) is 33.1 Å². The number of benzene rings is 2. The summed E-state index contributed by atoms with van der Waals surface area (Å²) in [4.78, 5) is 23.9. The second-order valence-electron chi connectivity index (χ2n) is 6.70. The van der Waals surface area contributed by atoms with Crippen LogP contribution in [0.3, 0.4) is 0 Å². The van der Waals surface area contributed by atoms with Crippen LogP contribution in [0, 0.1) is 13.8 Å². The molecule has 1 aliphatic rings. The summed E-state index contributed by atoms with van der Waals surface area (Å²) in [7, 11) is 0. The fourth-order valence-corrected chi connectivity index (χ4v) is 3.62. The number of anilines is 1. The quantitative estimate of drug-likeness (QED) is 0.761. The molecule has 0 aromatic heterocycles. The highest BCUT2D eigenvalue weighted by Crippen LogP contribution is 2.27. The Balaban J connectivity index is 1.46. The molecule has 0 saturated heterocycles. The zero-order chi connectivity index (χ0) is 19.4. The van der Waals surface area contributed by atoms with Gasteiger partial charge in [0.25, 0.3) is 5.91 Å². The first-order valence-electron chi connectivity index (χ1n) is 8.89. The SMILES string of the molecule is Cc1cc(Cl)cc(C)c1OCC(=O)OCC(=O)Nc1ccc2c(c1)CCC2. The fraction of sp³-hybridized carbons (Fsp3) is 0.333. The average Bonchev–Trinajstić information content (AvgIpc) is 3.06. The topological polar surface area (TPSA) is 64.6 Å². The molecule has 0 aliphatic heterocycles. The highest BCUT2D eigenvalue weighted by Gasteiger charge is 2.14. The number of aryl methyl sites for hydroxylation is 4.